The summed E-state index contributed by atoms with van der Waals surface area (Å²) >= 11 is 3.39. The molecule has 5 nitrogen and oxygen atoms in total. The van der Waals surface area contributed by atoms with Gasteiger partial charge in [-0.2, -0.15) is 0 Å². The Bertz CT molecular complexity index is 844. The zero-order valence-corrected chi connectivity index (χ0v) is 14.8. The third-order valence-corrected chi connectivity index (χ3v) is 4.29. The first kappa shape index (κ1) is 16.3. The molecule has 1 fully saturated rings. The number of nitrogens with zero attached hydrogens (tertiary/aromatic N) is 1. The molecule has 0 bridgehead atoms. The molecule has 6 heteroatoms. The maximum Gasteiger partial charge on any atom is 0.282 e. The van der Waals surface area contributed by atoms with Gasteiger partial charge in [0.15, 0.2) is 0 Å². The van der Waals surface area contributed by atoms with Crippen molar-refractivity contribution < 1.29 is 14.3 Å². The zero-order chi connectivity index (χ0) is 17.3. The second-order valence-corrected chi connectivity index (χ2v) is 6.22. The number of amides is 2. The van der Waals surface area contributed by atoms with Crippen molar-refractivity contribution in [2.75, 3.05) is 12.1 Å². The highest BCUT2D eigenvalue weighted by molar-refractivity contribution is 9.10. The summed E-state index contributed by atoms with van der Waals surface area (Å²) in [6.45, 7) is 1.96. The molecule has 0 unspecified atom stereocenters. The summed E-state index contributed by atoms with van der Waals surface area (Å²) in [5.74, 6) is -0.121. The minimum absolute atomic E-state index is 0.0904. The highest BCUT2D eigenvalue weighted by atomic mass is 79.9. The van der Waals surface area contributed by atoms with Crippen molar-refractivity contribution >= 4 is 39.5 Å². The second-order valence-electron chi connectivity index (χ2n) is 5.37. The van der Waals surface area contributed by atoms with Crippen LogP contribution in [0.4, 0.5) is 5.69 Å². The fraction of sp³-hybridized carbons (Fsp3) is 0.111. The van der Waals surface area contributed by atoms with E-state index in [0.29, 0.717) is 11.4 Å². The lowest BCUT2D eigenvalue weighted by Crippen LogP contribution is -2.35. The maximum absolute atomic E-state index is 12.6. The Morgan fingerprint density at radius 1 is 1.12 bits per heavy atom. The van der Waals surface area contributed by atoms with Crippen LogP contribution in [0.1, 0.15) is 11.1 Å². The van der Waals surface area contributed by atoms with E-state index in [0.717, 1.165) is 15.6 Å². The summed E-state index contributed by atoms with van der Waals surface area (Å²) < 4.78 is 5.93. The van der Waals surface area contributed by atoms with Gasteiger partial charge in [0.1, 0.15) is 11.3 Å². The van der Waals surface area contributed by atoms with Crippen LogP contribution >= 0.6 is 15.9 Å². The van der Waals surface area contributed by atoms with Crippen LogP contribution in [0.25, 0.3) is 6.08 Å². The topological polar surface area (TPSA) is 58.6 Å². The Balaban J connectivity index is 1.91. The number of hydrazine groups is 1. The number of ether oxygens (including phenoxy) is 1. The van der Waals surface area contributed by atoms with E-state index in [-0.39, 0.29) is 11.5 Å². The van der Waals surface area contributed by atoms with E-state index in [4.69, 9.17) is 4.74 Å². The van der Waals surface area contributed by atoms with Crippen molar-refractivity contribution in [3.63, 3.8) is 0 Å². The average molecular weight is 387 g/mol. The van der Waals surface area contributed by atoms with E-state index in [1.165, 1.54) is 5.01 Å². The molecular formula is C18H15BrN2O3. The van der Waals surface area contributed by atoms with Crippen LogP contribution in [0, 0.1) is 6.92 Å². The quantitative estimate of drug-likeness (QED) is 0.650. The van der Waals surface area contributed by atoms with Gasteiger partial charge in [0.2, 0.25) is 0 Å². The number of hydrogen-bond acceptors (Lipinski definition) is 3. The van der Waals surface area contributed by atoms with Crippen molar-refractivity contribution in [1.29, 1.82) is 0 Å². The van der Waals surface area contributed by atoms with Gasteiger partial charge in [0, 0.05) is 0 Å². The smallest absolute Gasteiger partial charge is 0.282 e. The molecule has 1 aliphatic rings. The van der Waals surface area contributed by atoms with Gasteiger partial charge < -0.3 is 4.74 Å². The number of aryl methyl sites for hydroxylation is 1. The molecule has 1 saturated heterocycles. The number of carbonyl (C=O) groups excluding carboxylic acids is 2. The average Bonchev–Trinajstić information content (AvgIpc) is 2.84. The van der Waals surface area contributed by atoms with Crippen LogP contribution in [0.3, 0.4) is 0 Å². The molecule has 24 heavy (non-hydrogen) atoms. The second kappa shape index (κ2) is 6.49. The lowest BCUT2D eigenvalue weighted by molar-refractivity contribution is -0.117. The lowest BCUT2D eigenvalue weighted by Gasteiger charge is -2.14. The predicted molar refractivity (Wildman–Crippen MR) is 95.5 cm³/mol. The van der Waals surface area contributed by atoms with Crippen molar-refractivity contribution in [2.24, 2.45) is 0 Å². The molecule has 3 rings (SSSR count). The summed E-state index contributed by atoms with van der Waals surface area (Å²) in [5.41, 5.74) is 5.11. The van der Waals surface area contributed by atoms with E-state index < -0.39 is 5.91 Å². The number of carbonyl (C=O) groups is 2. The standard InChI is InChI=1S/C18H15BrN2O3/c1-11-3-6-13(7-4-11)21-18(23)14(17(22)20-21)9-12-5-8-16(24-2)15(19)10-12/h3-10H,1-2H3,(H,20,22)/b14-9-. The molecule has 0 spiro atoms. The molecule has 1 N–H and O–H groups in total. The highest BCUT2D eigenvalue weighted by Gasteiger charge is 2.34. The summed E-state index contributed by atoms with van der Waals surface area (Å²) in [5, 5.41) is 1.26. The van der Waals surface area contributed by atoms with Crippen molar-refractivity contribution in [2.45, 2.75) is 6.92 Å². The van der Waals surface area contributed by atoms with Gasteiger partial charge in [-0.05, 0) is 58.8 Å². The van der Waals surface area contributed by atoms with Crippen LogP contribution in [0.15, 0.2) is 52.5 Å². The summed E-state index contributed by atoms with van der Waals surface area (Å²) in [7, 11) is 1.58. The summed E-state index contributed by atoms with van der Waals surface area (Å²) in [6.07, 6.45) is 1.57. The molecule has 1 heterocycles. The first-order valence-electron chi connectivity index (χ1n) is 7.27. The molecule has 2 aromatic rings. The van der Waals surface area contributed by atoms with E-state index in [9.17, 15) is 9.59 Å². The molecule has 0 radical (unpaired) electrons. The number of rotatable bonds is 3. The van der Waals surface area contributed by atoms with Crippen molar-refractivity contribution in [1.82, 2.24) is 5.43 Å². The fourth-order valence-corrected chi connectivity index (χ4v) is 2.93. The number of anilines is 1. The van der Waals surface area contributed by atoms with Gasteiger partial charge in [-0.3, -0.25) is 15.0 Å². The predicted octanol–water partition coefficient (Wildman–Crippen LogP) is 3.23. The van der Waals surface area contributed by atoms with Crippen LogP contribution in [0.2, 0.25) is 0 Å². The third-order valence-electron chi connectivity index (χ3n) is 3.67. The maximum atomic E-state index is 12.6. The van der Waals surface area contributed by atoms with Gasteiger partial charge >= 0.3 is 0 Å². The molecule has 0 aliphatic carbocycles. The Labute approximate surface area is 148 Å². The molecular weight excluding hydrogens is 372 g/mol. The van der Waals surface area contributed by atoms with Gasteiger partial charge in [-0.25, -0.2) is 5.01 Å². The van der Waals surface area contributed by atoms with Gasteiger partial charge in [-0.1, -0.05) is 23.8 Å². The first-order chi connectivity index (χ1) is 11.5. The largest absolute Gasteiger partial charge is 0.496 e. The van der Waals surface area contributed by atoms with E-state index in [1.807, 2.05) is 19.1 Å². The van der Waals surface area contributed by atoms with Crippen LogP contribution in [-0.4, -0.2) is 18.9 Å². The Kier molecular flexibility index (Phi) is 4.40. The van der Waals surface area contributed by atoms with Crippen molar-refractivity contribution in [3.05, 3.63) is 63.6 Å². The molecule has 1 aliphatic heterocycles. The van der Waals surface area contributed by atoms with Crippen molar-refractivity contribution in [3.8, 4) is 5.75 Å². The Morgan fingerprint density at radius 2 is 1.83 bits per heavy atom. The number of hydrogen-bond donors (Lipinski definition) is 1. The Hall–Kier alpha value is -2.60. The summed E-state index contributed by atoms with van der Waals surface area (Å²) in [6, 6.07) is 12.7. The van der Waals surface area contributed by atoms with Gasteiger partial charge in [0.25, 0.3) is 11.8 Å². The minimum Gasteiger partial charge on any atom is -0.496 e. The number of benzene rings is 2. The number of halogens is 1. The molecule has 0 atom stereocenters. The molecule has 0 saturated carbocycles. The van der Waals surface area contributed by atoms with E-state index in [1.54, 1.807) is 43.5 Å². The van der Waals surface area contributed by atoms with Crippen LogP contribution < -0.4 is 15.2 Å². The zero-order valence-electron chi connectivity index (χ0n) is 13.2. The van der Waals surface area contributed by atoms with Gasteiger partial charge in [-0.15, -0.1) is 0 Å². The third kappa shape index (κ3) is 3.05. The molecule has 0 aromatic heterocycles. The molecule has 122 valence electrons. The highest BCUT2D eigenvalue weighted by Crippen LogP contribution is 2.27. The Morgan fingerprint density at radius 3 is 2.46 bits per heavy atom. The number of nitrogens with one attached hydrogen (secondary N) is 1. The SMILES string of the molecule is COc1ccc(/C=C2/C(=O)NN(c3ccc(C)cc3)C2=O)cc1Br. The lowest BCUT2D eigenvalue weighted by atomic mass is 10.1. The molecule has 2 aromatic carbocycles. The molecule has 2 amide bonds. The minimum atomic E-state index is -0.424. The van der Waals surface area contributed by atoms with Crippen LogP contribution in [-0.2, 0) is 9.59 Å². The normalized spacial score (nSPS) is 15.8. The fourth-order valence-electron chi connectivity index (χ4n) is 2.37. The number of methoxy groups -OCH3 is 1. The summed E-state index contributed by atoms with van der Waals surface area (Å²) in [4.78, 5) is 24.7. The van der Waals surface area contributed by atoms with E-state index in [2.05, 4.69) is 21.4 Å². The van der Waals surface area contributed by atoms with E-state index >= 15 is 0 Å². The van der Waals surface area contributed by atoms with Gasteiger partial charge in [0.05, 0.1) is 17.3 Å². The monoisotopic (exact) mass is 386 g/mol. The van der Waals surface area contributed by atoms with Crippen LogP contribution in [0.5, 0.6) is 5.75 Å². The first-order valence-corrected chi connectivity index (χ1v) is 8.06.